The first-order valence-electron chi connectivity index (χ1n) is 12.2. The third-order valence-electron chi connectivity index (χ3n) is 6.47. The van der Waals surface area contributed by atoms with E-state index in [0.717, 1.165) is 27.8 Å². The lowest BCUT2D eigenvalue weighted by molar-refractivity contribution is -0.146. The quantitative estimate of drug-likeness (QED) is 0.335. The van der Waals surface area contributed by atoms with Crippen molar-refractivity contribution >= 4 is 18.0 Å². The summed E-state index contributed by atoms with van der Waals surface area (Å²) in [6.07, 6.45) is -0.175. The van der Waals surface area contributed by atoms with E-state index in [9.17, 15) is 19.5 Å². The lowest BCUT2D eigenvalue weighted by Gasteiger charge is -2.18. The number of carbonyl (C=O) groups is 3. The van der Waals surface area contributed by atoms with Gasteiger partial charge in [-0.05, 0) is 47.1 Å². The fourth-order valence-electron chi connectivity index (χ4n) is 4.54. The van der Waals surface area contributed by atoms with Crippen molar-refractivity contribution in [3.05, 3.63) is 95.6 Å². The van der Waals surface area contributed by atoms with Crippen LogP contribution in [0.25, 0.3) is 11.1 Å². The summed E-state index contributed by atoms with van der Waals surface area (Å²) in [7, 11) is 0. The second kappa shape index (κ2) is 12.2. The maximum Gasteiger partial charge on any atom is 0.407 e. The van der Waals surface area contributed by atoms with Gasteiger partial charge in [0.25, 0.3) is 0 Å². The van der Waals surface area contributed by atoms with Crippen molar-refractivity contribution in [3.8, 4) is 11.1 Å². The van der Waals surface area contributed by atoms with Crippen molar-refractivity contribution in [1.82, 2.24) is 5.32 Å². The van der Waals surface area contributed by atoms with Gasteiger partial charge in [-0.15, -0.1) is 0 Å². The van der Waals surface area contributed by atoms with Crippen LogP contribution in [0.2, 0.25) is 0 Å². The summed E-state index contributed by atoms with van der Waals surface area (Å²) in [4.78, 5) is 36.3. The fourth-order valence-corrected chi connectivity index (χ4v) is 4.54. The van der Waals surface area contributed by atoms with Crippen LogP contribution in [0.4, 0.5) is 4.79 Å². The molecule has 192 valence electrons. The lowest BCUT2D eigenvalue weighted by atomic mass is 9.98. The molecule has 4 N–H and O–H groups in total. The number of rotatable bonds is 11. The molecule has 1 unspecified atom stereocenters. The average molecular weight is 503 g/mol. The minimum absolute atomic E-state index is 0.0876. The molecule has 2 atom stereocenters. The Labute approximate surface area is 215 Å². The zero-order chi connectivity index (χ0) is 26.2. The molecule has 3 aromatic carbocycles. The molecule has 4 rings (SSSR count). The summed E-state index contributed by atoms with van der Waals surface area (Å²) < 4.78 is 10.7. The van der Waals surface area contributed by atoms with E-state index < -0.39 is 30.1 Å². The predicted octanol–water partition coefficient (Wildman–Crippen LogP) is 4.22. The molecule has 0 bridgehead atoms. The van der Waals surface area contributed by atoms with Crippen LogP contribution in [0.3, 0.4) is 0 Å². The number of alkyl carbamates (subject to hydrolysis) is 1. The van der Waals surface area contributed by atoms with E-state index in [1.165, 1.54) is 0 Å². The Balaban J connectivity index is 1.24. The number of amides is 1. The lowest BCUT2D eigenvalue weighted by Crippen LogP contribution is -2.41. The van der Waals surface area contributed by atoms with E-state index in [1.807, 2.05) is 78.9 Å². The Kier molecular flexibility index (Phi) is 8.53. The third-order valence-corrected chi connectivity index (χ3v) is 6.47. The molecule has 8 nitrogen and oxygen atoms in total. The van der Waals surface area contributed by atoms with E-state index in [-0.39, 0.29) is 32.0 Å². The zero-order valence-electron chi connectivity index (χ0n) is 20.3. The van der Waals surface area contributed by atoms with Gasteiger partial charge in [0, 0.05) is 5.92 Å². The molecule has 0 aliphatic heterocycles. The maximum atomic E-state index is 12.5. The first-order chi connectivity index (χ1) is 17.9. The van der Waals surface area contributed by atoms with E-state index in [4.69, 9.17) is 15.2 Å². The molecule has 0 heterocycles. The van der Waals surface area contributed by atoms with Crippen molar-refractivity contribution in [2.45, 2.75) is 43.9 Å². The number of carbonyl (C=O) groups excluding carboxylic acids is 2. The summed E-state index contributed by atoms with van der Waals surface area (Å²) in [6.45, 7) is 0.207. The second-order valence-electron chi connectivity index (χ2n) is 8.99. The van der Waals surface area contributed by atoms with Crippen molar-refractivity contribution < 1.29 is 29.0 Å². The Morgan fingerprint density at radius 2 is 1.43 bits per heavy atom. The third kappa shape index (κ3) is 6.54. The van der Waals surface area contributed by atoms with Crippen LogP contribution in [0.15, 0.2) is 78.9 Å². The number of benzene rings is 3. The molecule has 8 heteroatoms. The number of aliphatic carboxylic acids is 1. The van der Waals surface area contributed by atoms with E-state index in [0.29, 0.717) is 6.42 Å². The van der Waals surface area contributed by atoms with Crippen LogP contribution in [-0.4, -0.2) is 41.8 Å². The van der Waals surface area contributed by atoms with Crippen molar-refractivity contribution in [2.24, 2.45) is 5.73 Å². The molecule has 0 saturated heterocycles. The highest BCUT2D eigenvalue weighted by Gasteiger charge is 2.30. The van der Waals surface area contributed by atoms with Crippen molar-refractivity contribution in [1.29, 1.82) is 0 Å². The number of fused-ring (bicyclic) bond motifs is 3. The maximum absolute atomic E-state index is 12.5. The normalized spacial score (nSPS) is 13.6. The van der Waals surface area contributed by atoms with Crippen LogP contribution >= 0.6 is 0 Å². The van der Waals surface area contributed by atoms with Gasteiger partial charge >= 0.3 is 18.0 Å². The summed E-state index contributed by atoms with van der Waals surface area (Å²) >= 11 is 0. The zero-order valence-corrected chi connectivity index (χ0v) is 20.3. The van der Waals surface area contributed by atoms with Gasteiger partial charge in [-0.25, -0.2) is 9.59 Å². The van der Waals surface area contributed by atoms with Gasteiger partial charge in [-0.1, -0.05) is 78.9 Å². The van der Waals surface area contributed by atoms with Crippen LogP contribution < -0.4 is 11.1 Å². The average Bonchev–Trinajstić information content (AvgIpc) is 3.24. The Hall–Kier alpha value is -4.17. The molecule has 0 spiro atoms. The highest BCUT2D eigenvalue weighted by Crippen LogP contribution is 2.44. The van der Waals surface area contributed by atoms with E-state index >= 15 is 0 Å². The molecule has 37 heavy (non-hydrogen) atoms. The molecular formula is C29H30N2O6. The predicted molar refractivity (Wildman–Crippen MR) is 138 cm³/mol. The van der Waals surface area contributed by atoms with Gasteiger partial charge < -0.3 is 25.6 Å². The fraction of sp³-hybridized carbons (Fsp3) is 0.276. The van der Waals surface area contributed by atoms with Crippen LogP contribution in [-0.2, 0) is 25.7 Å². The number of hydrogen-bond donors (Lipinski definition) is 3. The van der Waals surface area contributed by atoms with E-state index in [2.05, 4.69) is 5.32 Å². The van der Waals surface area contributed by atoms with Crippen LogP contribution in [0, 0.1) is 0 Å². The summed E-state index contributed by atoms with van der Waals surface area (Å²) in [5.74, 6) is -1.87. The number of carboxylic acid groups (broad SMARTS) is 1. The highest BCUT2D eigenvalue weighted by atomic mass is 16.5. The molecule has 0 aromatic heterocycles. The Morgan fingerprint density at radius 3 is 2.05 bits per heavy atom. The Bertz CT molecular complexity index is 1200. The van der Waals surface area contributed by atoms with Gasteiger partial charge in [0.2, 0.25) is 0 Å². The van der Waals surface area contributed by atoms with Gasteiger partial charge in [-0.3, -0.25) is 4.79 Å². The summed E-state index contributed by atoms with van der Waals surface area (Å²) in [5, 5.41) is 12.0. The van der Waals surface area contributed by atoms with Crippen molar-refractivity contribution in [3.63, 3.8) is 0 Å². The SMILES string of the molecule is NC(CCC[C@H](NC(=O)OCC1c2ccccc2-c2ccccc21)C(=O)O)C(=O)OCc1ccccc1. The largest absolute Gasteiger partial charge is 0.480 e. The first-order valence-corrected chi connectivity index (χ1v) is 12.2. The monoisotopic (exact) mass is 502 g/mol. The van der Waals surface area contributed by atoms with Gasteiger partial charge in [-0.2, -0.15) is 0 Å². The minimum atomic E-state index is -1.19. The number of hydrogen-bond acceptors (Lipinski definition) is 6. The second-order valence-corrected chi connectivity index (χ2v) is 8.99. The summed E-state index contributed by atoms with van der Waals surface area (Å²) in [5.41, 5.74) is 11.1. The Morgan fingerprint density at radius 1 is 0.838 bits per heavy atom. The molecule has 0 saturated carbocycles. The number of carboxylic acids is 1. The number of ether oxygens (including phenoxy) is 2. The van der Waals surface area contributed by atoms with E-state index in [1.54, 1.807) is 0 Å². The molecule has 1 aliphatic rings. The molecule has 1 amide bonds. The molecule has 1 aliphatic carbocycles. The standard InChI is InChI=1S/C29H30N2O6/c30-25(28(34)36-17-19-9-2-1-3-10-19)15-8-16-26(27(32)33)31-29(35)37-18-24-22-13-6-4-11-20(22)21-12-5-7-14-23(21)24/h1-7,9-14,24-26H,8,15-18,30H2,(H,31,35)(H,32,33)/t25?,26-/m0/s1. The molecule has 0 fully saturated rings. The van der Waals surface area contributed by atoms with Crippen LogP contribution in [0.5, 0.6) is 0 Å². The van der Waals surface area contributed by atoms with Gasteiger partial charge in [0.05, 0.1) is 0 Å². The molecular weight excluding hydrogens is 472 g/mol. The van der Waals surface area contributed by atoms with Gasteiger partial charge in [0.15, 0.2) is 0 Å². The summed E-state index contributed by atoms with van der Waals surface area (Å²) in [6, 6.07) is 23.1. The van der Waals surface area contributed by atoms with Crippen LogP contribution in [0.1, 0.15) is 41.9 Å². The molecule has 3 aromatic rings. The highest BCUT2D eigenvalue weighted by molar-refractivity contribution is 5.81. The minimum Gasteiger partial charge on any atom is -0.480 e. The van der Waals surface area contributed by atoms with Gasteiger partial charge in [0.1, 0.15) is 25.3 Å². The topological polar surface area (TPSA) is 128 Å². The number of nitrogens with one attached hydrogen (secondary N) is 1. The van der Waals surface area contributed by atoms with Crippen molar-refractivity contribution in [2.75, 3.05) is 6.61 Å². The smallest absolute Gasteiger partial charge is 0.407 e. The first kappa shape index (κ1) is 25.9. The number of nitrogens with two attached hydrogens (primary N) is 1. The molecule has 0 radical (unpaired) electrons. The number of esters is 1.